The molecular formula is C14H18BrN3O2. The zero-order valence-electron chi connectivity index (χ0n) is 11.2. The molecule has 6 heteroatoms. The van der Waals surface area contributed by atoms with Crippen LogP contribution < -0.4 is 5.32 Å². The van der Waals surface area contributed by atoms with Gasteiger partial charge >= 0.3 is 0 Å². The molecule has 0 aromatic heterocycles. The number of nitrogens with zero attached hydrogens (tertiary/aromatic N) is 2. The Hall–Kier alpha value is -0.980. The molecule has 3 aliphatic rings. The highest BCUT2D eigenvalue weighted by molar-refractivity contribution is 9.10. The highest BCUT2D eigenvalue weighted by Gasteiger charge is 2.33. The van der Waals surface area contributed by atoms with Crippen LogP contribution in [0.5, 0.6) is 0 Å². The molecule has 1 N–H and O–H groups in total. The first-order valence-electron chi connectivity index (χ1n) is 7.02. The topological polar surface area (TPSA) is 58.4 Å². The molecule has 1 aromatic rings. The maximum atomic E-state index is 10.9. The quantitative estimate of drug-likeness (QED) is 0.676. The van der Waals surface area contributed by atoms with E-state index in [1.165, 1.54) is 25.9 Å². The van der Waals surface area contributed by atoms with Crippen molar-refractivity contribution in [1.29, 1.82) is 0 Å². The number of benzene rings is 1. The van der Waals surface area contributed by atoms with Gasteiger partial charge in [0.15, 0.2) is 0 Å². The lowest BCUT2D eigenvalue weighted by molar-refractivity contribution is -0.385. The fourth-order valence-electron chi connectivity index (χ4n) is 3.25. The number of nitro benzene ring substituents is 1. The molecule has 3 saturated heterocycles. The summed E-state index contributed by atoms with van der Waals surface area (Å²) in [6, 6.07) is 5.87. The summed E-state index contributed by atoms with van der Waals surface area (Å²) in [6.07, 6.45) is 2.55. The van der Waals surface area contributed by atoms with E-state index in [1.807, 2.05) is 6.07 Å². The van der Waals surface area contributed by atoms with Crippen molar-refractivity contribution in [2.75, 3.05) is 19.6 Å². The van der Waals surface area contributed by atoms with Crippen molar-refractivity contribution in [3.05, 3.63) is 38.3 Å². The fourth-order valence-corrected chi connectivity index (χ4v) is 3.64. The number of fused-ring (bicyclic) bond motifs is 3. The smallest absolute Gasteiger partial charge is 0.283 e. The molecule has 0 aliphatic carbocycles. The molecule has 0 spiro atoms. The van der Waals surface area contributed by atoms with Crippen molar-refractivity contribution in [3.8, 4) is 0 Å². The Morgan fingerprint density at radius 1 is 1.40 bits per heavy atom. The summed E-state index contributed by atoms with van der Waals surface area (Å²) in [7, 11) is 0. The Morgan fingerprint density at radius 2 is 2.15 bits per heavy atom. The standard InChI is InChI=1S/C14H18BrN3O2/c15-12-2-1-10(7-14(12)18(19)20)8-16-13-9-17-5-3-11(13)4-6-17/h1-2,7,11,13,16H,3-6,8-9H2. The second-order valence-corrected chi connectivity index (χ2v) is 6.52. The van der Waals surface area contributed by atoms with Gasteiger partial charge in [0, 0.05) is 25.2 Å². The summed E-state index contributed by atoms with van der Waals surface area (Å²) in [5.41, 5.74) is 1.11. The van der Waals surface area contributed by atoms with Gasteiger partial charge in [-0.05, 0) is 59.4 Å². The van der Waals surface area contributed by atoms with E-state index in [0.717, 1.165) is 18.0 Å². The van der Waals surface area contributed by atoms with Crippen molar-refractivity contribution in [2.45, 2.75) is 25.4 Å². The van der Waals surface area contributed by atoms with Gasteiger partial charge in [0.25, 0.3) is 5.69 Å². The first kappa shape index (κ1) is 14.0. The Bertz CT molecular complexity index is 515. The van der Waals surface area contributed by atoms with Crippen molar-refractivity contribution in [1.82, 2.24) is 10.2 Å². The minimum Gasteiger partial charge on any atom is -0.308 e. The zero-order valence-corrected chi connectivity index (χ0v) is 12.8. The minimum absolute atomic E-state index is 0.137. The molecule has 4 rings (SSSR count). The van der Waals surface area contributed by atoms with E-state index >= 15 is 0 Å². The molecule has 20 heavy (non-hydrogen) atoms. The average molecular weight is 340 g/mol. The molecule has 3 aliphatic heterocycles. The van der Waals surface area contributed by atoms with Crippen LogP contribution in [0.25, 0.3) is 0 Å². The second-order valence-electron chi connectivity index (χ2n) is 5.67. The Balaban J connectivity index is 1.64. The van der Waals surface area contributed by atoms with E-state index in [0.29, 0.717) is 17.1 Å². The second kappa shape index (κ2) is 5.79. The maximum Gasteiger partial charge on any atom is 0.283 e. The van der Waals surface area contributed by atoms with E-state index in [-0.39, 0.29) is 10.6 Å². The number of hydrogen-bond donors (Lipinski definition) is 1. The van der Waals surface area contributed by atoms with Gasteiger partial charge in [0.1, 0.15) is 0 Å². The lowest BCUT2D eigenvalue weighted by atomic mass is 9.84. The lowest BCUT2D eigenvalue weighted by Crippen LogP contribution is -2.55. The molecule has 1 unspecified atom stereocenters. The molecular weight excluding hydrogens is 322 g/mol. The van der Waals surface area contributed by atoms with Crippen molar-refractivity contribution in [3.63, 3.8) is 0 Å². The molecule has 108 valence electrons. The summed E-state index contributed by atoms with van der Waals surface area (Å²) < 4.78 is 0.536. The minimum atomic E-state index is -0.345. The average Bonchev–Trinajstić information content (AvgIpc) is 2.47. The van der Waals surface area contributed by atoms with Crippen molar-refractivity contribution < 1.29 is 4.92 Å². The molecule has 3 fully saturated rings. The van der Waals surface area contributed by atoms with E-state index in [9.17, 15) is 10.1 Å². The largest absolute Gasteiger partial charge is 0.308 e. The van der Waals surface area contributed by atoms with E-state index in [4.69, 9.17) is 0 Å². The summed E-state index contributed by atoms with van der Waals surface area (Å²) in [4.78, 5) is 13.1. The molecule has 3 heterocycles. The zero-order chi connectivity index (χ0) is 14.1. The predicted octanol–water partition coefficient (Wildman–Crippen LogP) is 2.54. The van der Waals surface area contributed by atoms with Crippen LogP contribution in [0.1, 0.15) is 18.4 Å². The molecule has 0 radical (unpaired) electrons. The fraction of sp³-hybridized carbons (Fsp3) is 0.571. The van der Waals surface area contributed by atoms with Gasteiger partial charge in [-0.15, -0.1) is 0 Å². The third-order valence-electron chi connectivity index (χ3n) is 4.43. The van der Waals surface area contributed by atoms with Crippen LogP contribution >= 0.6 is 15.9 Å². The van der Waals surface area contributed by atoms with Crippen LogP contribution in [0.3, 0.4) is 0 Å². The molecule has 2 bridgehead atoms. The highest BCUT2D eigenvalue weighted by Crippen LogP contribution is 2.28. The van der Waals surface area contributed by atoms with Gasteiger partial charge in [0.05, 0.1) is 9.40 Å². The molecule has 1 aromatic carbocycles. The van der Waals surface area contributed by atoms with Gasteiger partial charge in [-0.1, -0.05) is 6.07 Å². The van der Waals surface area contributed by atoms with Crippen molar-refractivity contribution >= 4 is 21.6 Å². The van der Waals surface area contributed by atoms with E-state index in [1.54, 1.807) is 12.1 Å². The maximum absolute atomic E-state index is 10.9. The normalized spacial score (nSPS) is 28.6. The molecule has 1 atom stereocenters. The summed E-state index contributed by atoms with van der Waals surface area (Å²) in [5, 5.41) is 14.5. The Labute approximate surface area is 126 Å². The molecule has 0 amide bonds. The van der Waals surface area contributed by atoms with E-state index < -0.39 is 0 Å². The molecule has 0 saturated carbocycles. The number of hydrogen-bond acceptors (Lipinski definition) is 4. The number of rotatable bonds is 4. The van der Waals surface area contributed by atoms with Gasteiger partial charge in [-0.3, -0.25) is 10.1 Å². The van der Waals surface area contributed by atoms with Crippen molar-refractivity contribution in [2.24, 2.45) is 5.92 Å². The summed E-state index contributed by atoms with van der Waals surface area (Å²) in [6.45, 7) is 4.27. The first-order chi connectivity index (χ1) is 9.63. The first-order valence-corrected chi connectivity index (χ1v) is 7.81. The monoisotopic (exact) mass is 339 g/mol. The van der Waals surface area contributed by atoms with Crippen LogP contribution in [0.2, 0.25) is 0 Å². The van der Waals surface area contributed by atoms with Gasteiger partial charge in [-0.25, -0.2) is 0 Å². The highest BCUT2D eigenvalue weighted by atomic mass is 79.9. The Morgan fingerprint density at radius 3 is 2.75 bits per heavy atom. The van der Waals surface area contributed by atoms with Gasteiger partial charge in [-0.2, -0.15) is 0 Å². The van der Waals surface area contributed by atoms with Crippen LogP contribution in [0.4, 0.5) is 5.69 Å². The number of nitro groups is 1. The van der Waals surface area contributed by atoms with Crippen LogP contribution in [0.15, 0.2) is 22.7 Å². The summed E-state index contributed by atoms with van der Waals surface area (Å²) >= 11 is 3.22. The Kier molecular flexibility index (Phi) is 4.05. The third kappa shape index (κ3) is 2.87. The summed E-state index contributed by atoms with van der Waals surface area (Å²) in [5.74, 6) is 0.769. The third-order valence-corrected chi connectivity index (χ3v) is 5.10. The molecule has 5 nitrogen and oxygen atoms in total. The SMILES string of the molecule is O=[N+]([O-])c1cc(CNC2CN3CCC2CC3)ccc1Br. The van der Waals surface area contributed by atoms with Crippen LogP contribution in [-0.2, 0) is 6.54 Å². The lowest BCUT2D eigenvalue weighted by Gasteiger charge is -2.45. The van der Waals surface area contributed by atoms with Crippen LogP contribution in [0, 0.1) is 16.0 Å². The number of piperidine rings is 3. The predicted molar refractivity (Wildman–Crippen MR) is 80.6 cm³/mol. The number of nitrogens with one attached hydrogen (secondary N) is 1. The number of halogens is 1. The van der Waals surface area contributed by atoms with Gasteiger partial charge in [0.2, 0.25) is 0 Å². The van der Waals surface area contributed by atoms with E-state index in [2.05, 4.69) is 26.1 Å². The van der Waals surface area contributed by atoms with Crippen LogP contribution in [-0.4, -0.2) is 35.5 Å². The van der Waals surface area contributed by atoms with Gasteiger partial charge < -0.3 is 10.2 Å².